The second kappa shape index (κ2) is 5.24. The summed E-state index contributed by atoms with van der Waals surface area (Å²) in [7, 11) is 0. The number of hydrogen-bond donors (Lipinski definition) is 1. The number of nitrogens with zero attached hydrogens (tertiary/aromatic N) is 1. The van der Waals surface area contributed by atoms with E-state index in [1.165, 1.54) is 6.39 Å². The number of aryl methyl sites for hydroxylation is 1. The van der Waals surface area contributed by atoms with Crippen LogP contribution in [0.5, 0.6) is 11.5 Å². The van der Waals surface area contributed by atoms with Gasteiger partial charge in [0.05, 0.1) is 12.1 Å². The number of hydrogen-bond acceptors (Lipinski definition) is 5. The fourth-order valence-electron chi connectivity index (χ4n) is 1.96. The first-order chi connectivity index (χ1) is 9.72. The van der Waals surface area contributed by atoms with Crippen LogP contribution in [0, 0.1) is 6.92 Å². The summed E-state index contributed by atoms with van der Waals surface area (Å²) in [4.78, 5) is 15.8. The first-order valence-corrected chi connectivity index (χ1v) is 6.26. The molecule has 1 aromatic carbocycles. The maximum absolute atomic E-state index is 11.8. The highest BCUT2D eigenvalue weighted by molar-refractivity contribution is 5.78. The van der Waals surface area contributed by atoms with Crippen LogP contribution in [0.3, 0.4) is 0 Å². The standard InChI is InChI=1S/C14H14N2O4/c1-9-12(18-7-16-9)5-14(17)15-6-10-2-3-11-13(4-10)20-8-19-11/h2-4,7H,5-6,8H2,1H3,(H,15,17). The van der Waals surface area contributed by atoms with Gasteiger partial charge in [-0.1, -0.05) is 6.07 Å². The van der Waals surface area contributed by atoms with Gasteiger partial charge in [-0.3, -0.25) is 4.79 Å². The van der Waals surface area contributed by atoms with Crippen LogP contribution in [-0.4, -0.2) is 17.7 Å². The summed E-state index contributed by atoms with van der Waals surface area (Å²) in [5, 5.41) is 2.83. The molecule has 0 fully saturated rings. The summed E-state index contributed by atoms with van der Waals surface area (Å²) in [5.74, 6) is 1.93. The van der Waals surface area contributed by atoms with Gasteiger partial charge in [-0.05, 0) is 24.6 Å². The van der Waals surface area contributed by atoms with E-state index in [9.17, 15) is 4.79 Å². The summed E-state index contributed by atoms with van der Waals surface area (Å²) >= 11 is 0. The first kappa shape index (κ1) is 12.5. The van der Waals surface area contributed by atoms with Crippen molar-refractivity contribution in [3.05, 3.63) is 41.6 Å². The van der Waals surface area contributed by atoms with E-state index in [0.717, 1.165) is 17.0 Å². The lowest BCUT2D eigenvalue weighted by molar-refractivity contribution is -0.120. The number of aromatic nitrogens is 1. The number of rotatable bonds is 4. The maximum Gasteiger partial charge on any atom is 0.231 e. The van der Waals surface area contributed by atoms with Gasteiger partial charge in [0.25, 0.3) is 0 Å². The Hall–Kier alpha value is -2.50. The minimum atomic E-state index is -0.109. The smallest absolute Gasteiger partial charge is 0.231 e. The van der Waals surface area contributed by atoms with Gasteiger partial charge in [-0.15, -0.1) is 0 Å². The predicted molar refractivity (Wildman–Crippen MR) is 69.4 cm³/mol. The lowest BCUT2D eigenvalue weighted by Gasteiger charge is -2.05. The molecule has 1 aromatic heterocycles. The number of carbonyl (C=O) groups excluding carboxylic acids is 1. The van der Waals surface area contributed by atoms with E-state index in [1.54, 1.807) is 0 Å². The third-order valence-electron chi connectivity index (χ3n) is 3.09. The van der Waals surface area contributed by atoms with Crippen LogP contribution in [0.25, 0.3) is 0 Å². The van der Waals surface area contributed by atoms with Crippen molar-refractivity contribution in [2.75, 3.05) is 6.79 Å². The number of oxazole rings is 1. The Balaban J connectivity index is 1.57. The van der Waals surface area contributed by atoms with E-state index in [-0.39, 0.29) is 19.1 Å². The van der Waals surface area contributed by atoms with Crippen molar-refractivity contribution in [2.24, 2.45) is 0 Å². The van der Waals surface area contributed by atoms with Crippen LogP contribution < -0.4 is 14.8 Å². The lowest BCUT2D eigenvalue weighted by atomic mass is 10.2. The van der Waals surface area contributed by atoms with Crippen LogP contribution in [0.1, 0.15) is 17.0 Å². The average molecular weight is 274 g/mol. The van der Waals surface area contributed by atoms with E-state index in [0.29, 0.717) is 18.1 Å². The van der Waals surface area contributed by atoms with Crippen LogP contribution in [-0.2, 0) is 17.8 Å². The molecule has 0 aliphatic carbocycles. The number of benzene rings is 1. The maximum atomic E-state index is 11.8. The molecule has 20 heavy (non-hydrogen) atoms. The highest BCUT2D eigenvalue weighted by Gasteiger charge is 2.14. The second-order valence-electron chi connectivity index (χ2n) is 4.50. The fraction of sp³-hybridized carbons (Fsp3) is 0.286. The van der Waals surface area contributed by atoms with Crippen molar-refractivity contribution >= 4 is 5.91 Å². The molecule has 0 bridgehead atoms. The third-order valence-corrected chi connectivity index (χ3v) is 3.09. The van der Waals surface area contributed by atoms with Gasteiger partial charge >= 0.3 is 0 Å². The lowest BCUT2D eigenvalue weighted by Crippen LogP contribution is -2.24. The SMILES string of the molecule is Cc1ncoc1CC(=O)NCc1ccc2c(c1)OCO2. The molecule has 2 aromatic rings. The van der Waals surface area contributed by atoms with Crippen molar-refractivity contribution in [2.45, 2.75) is 19.9 Å². The molecular weight excluding hydrogens is 260 g/mol. The van der Waals surface area contributed by atoms with Gasteiger partial charge < -0.3 is 19.2 Å². The molecule has 1 N–H and O–H groups in total. The normalized spacial score (nSPS) is 12.4. The number of fused-ring (bicyclic) bond motifs is 1. The van der Waals surface area contributed by atoms with Crippen LogP contribution in [0.15, 0.2) is 29.0 Å². The minimum absolute atomic E-state index is 0.109. The Morgan fingerprint density at radius 2 is 2.20 bits per heavy atom. The third kappa shape index (κ3) is 2.59. The first-order valence-electron chi connectivity index (χ1n) is 6.26. The molecule has 1 aliphatic heterocycles. The molecule has 6 nitrogen and oxygen atoms in total. The molecule has 0 saturated heterocycles. The quantitative estimate of drug-likeness (QED) is 0.916. The largest absolute Gasteiger partial charge is 0.454 e. The Kier molecular flexibility index (Phi) is 3.28. The predicted octanol–water partition coefficient (Wildman–Crippen LogP) is 1.57. The zero-order valence-electron chi connectivity index (χ0n) is 11.0. The van der Waals surface area contributed by atoms with Crippen LogP contribution in [0.2, 0.25) is 0 Å². The molecule has 0 atom stereocenters. The van der Waals surface area contributed by atoms with E-state index in [4.69, 9.17) is 13.9 Å². The zero-order chi connectivity index (χ0) is 13.9. The van der Waals surface area contributed by atoms with Gasteiger partial charge in [0, 0.05) is 6.54 Å². The van der Waals surface area contributed by atoms with Gasteiger partial charge in [-0.2, -0.15) is 0 Å². The molecule has 0 unspecified atom stereocenters. The Bertz CT molecular complexity index is 636. The minimum Gasteiger partial charge on any atom is -0.454 e. The van der Waals surface area contributed by atoms with E-state index in [2.05, 4.69) is 10.3 Å². The van der Waals surface area contributed by atoms with Gasteiger partial charge in [0.2, 0.25) is 12.7 Å². The van der Waals surface area contributed by atoms with Gasteiger partial charge in [-0.25, -0.2) is 4.98 Å². The Morgan fingerprint density at radius 3 is 3.00 bits per heavy atom. The number of amides is 1. The molecule has 0 spiro atoms. The number of carbonyl (C=O) groups is 1. The Morgan fingerprint density at radius 1 is 1.35 bits per heavy atom. The summed E-state index contributed by atoms with van der Waals surface area (Å²) in [6.07, 6.45) is 1.53. The molecule has 2 heterocycles. The van der Waals surface area contributed by atoms with Crippen molar-refractivity contribution < 1.29 is 18.7 Å². The number of ether oxygens (including phenoxy) is 2. The molecule has 1 aliphatic rings. The monoisotopic (exact) mass is 274 g/mol. The van der Waals surface area contributed by atoms with E-state index < -0.39 is 0 Å². The second-order valence-corrected chi connectivity index (χ2v) is 4.50. The van der Waals surface area contributed by atoms with E-state index in [1.807, 2.05) is 25.1 Å². The van der Waals surface area contributed by atoms with Crippen molar-refractivity contribution in [1.29, 1.82) is 0 Å². The summed E-state index contributed by atoms with van der Waals surface area (Å²) in [5.41, 5.74) is 1.69. The molecule has 1 amide bonds. The molecule has 0 radical (unpaired) electrons. The molecule has 104 valence electrons. The molecule has 3 rings (SSSR count). The fourth-order valence-corrected chi connectivity index (χ4v) is 1.96. The van der Waals surface area contributed by atoms with Gasteiger partial charge in [0.15, 0.2) is 17.9 Å². The highest BCUT2D eigenvalue weighted by Crippen LogP contribution is 2.32. The molecular formula is C14H14N2O4. The van der Waals surface area contributed by atoms with Crippen LogP contribution in [0.4, 0.5) is 0 Å². The van der Waals surface area contributed by atoms with Crippen molar-refractivity contribution in [3.8, 4) is 11.5 Å². The Labute approximate surface area is 115 Å². The summed E-state index contributed by atoms with van der Waals surface area (Å²) in [6.45, 7) is 2.49. The molecule has 6 heteroatoms. The average Bonchev–Trinajstić information content (AvgIpc) is 3.05. The van der Waals surface area contributed by atoms with Crippen molar-refractivity contribution in [1.82, 2.24) is 10.3 Å². The zero-order valence-corrected chi connectivity index (χ0v) is 11.0. The highest BCUT2D eigenvalue weighted by atomic mass is 16.7. The molecule has 0 saturated carbocycles. The summed E-state index contributed by atoms with van der Waals surface area (Å²) in [6, 6.07) is 5.60. The van der Waals surface area contributed by atoms with E-state index >= 15 is 0 Å². The van der Waals surface area contributed by atoms with Crippen LogP contribution >= 0.6 is 0 Å². The number of nitrogens with one attached hydrogen (secondary N) is 1. The topological polar surface area (TPSA) is 73.6 Å². The van der Waals surface area contributed by atoms with Gasteiger partial charge in [0.1, 0.15) is 5.76 Å². The van der Waals surface area contributed by atoms with Crippen molar-refractivity contribution in [3.63, 3.8) is 0 Å². The summed E-state index contributed by atoms with van der Waals surface area (Å²) < 4.78 is 15.7.